The molecule has 0 radical (unpaired) electrons. The molecule has 3 heteroatoms. The molecule has 0 aliphatic carbocycles. The van der Waals surface area contributed by atoms with Crippen LogP contribution in [0, 0.1) is 0 Å². The molecule has 2 aromatic rings. The van der Waals surface area contributed by atoms with Crippen LogP contribution in [-0.2, 0) is 0 Å². The molecule has 0 saturated carbocycles. The maximum absolute atomic E-state index is 12.8. The van der Waals surface area contributed by atoms with Crippen molar-refractivity contribution in [3.8, 4) is 5.75 Å². The summed E-state index contributed by atoms with van der Waals surface area (Å²) < 4.78 is 5.82. The summed E-state index contributed by atoms with van der Waals surface area (Å²) in [6.45, 7) is 6.12. The van der Waals surface area contributed by atoms with Crippen LogP contribution in [-0.4, -0.2) is 36.9 Å². The van der Waals surface area contributed by atoms with E-state index in [0.29, 0.717) is 6.61 Å². The number of rotatable bonds is 8. The number of likely N-dealkylation sites (tertiary alicyclic amines) is 1. The number of ether oxygens (including phenoxy) is 1. The predicted molar refractivity (Wildman–Crippen MR) is 101 cm³/mol. The van der Waals surface area contributed by atoms with E-state index in [0.717, 1.165) is 29.8 Å². The van der Waals surface area contributed by atoms with Crippen LogP contribution in [0.1, 0.15) is 48.0 Å². The molecule has 1 saturated heterocycles. The number of Topliss-reactive ketones (excluding diaryl/α,β-unsaturated/α-hetero) is 1. The second-order valence-corrected chi connectivity index (χ2v) is 6.66. The molecule has 0 spiro atoms. The first-order valence-corrected chi connectivity index (χ1v) is 9.32. The summed E-state index contributed by atoms with van der Waals surface area (Å²) in [7, 11) is 0. The average Bonchev–Trinajstić information content (AvgIpc) is 3.17. The second kappa shape index (κ2) is 8.82. The number of benzene rings is 2. The fourth-order valence-electron chi connectivity index (χ4n) is 3.47. The zero-order valence-corrected chi connectivity index (χ0v) is 15.0. The van der Waals surface area contributed by atoms with Crippen LogP contribution in [0.15, 0.2) is 54.6 Å². The highest BCUT2D eigenvalue weighted by molar-refractivity contribution is 6.01. The van der Waals surface area contributed by atoms with Crippen molar-refractivity contribution in [2.45, 2.75) is 32.1 Å². The molecule has 0 amide bonds. The fraction of sp³-hybridized carbons (Fsp3) is 0.409. The van der Waals surface area contributed by atoms with Gasteiger partial charge in [-0.2, -0.15) is 0 Å². The number of hydrogen-bond donors (Lipinski definition) is 0. The highest BCUT2D eigenvalue weighted by Gasteiger charge is 2.20. The monoisotopic (exact) mass is 337 g/mol. The first kappa shape index (κ1) is 17.7. The topological polar surface area (TPSA) is 29.5 Å². The van der Waals surface area contributed by atoms with Crippen molar-refractivity contribution in [1.82, 2.24) is 4.90 Å². The van der Waals surface area contributed by atoms with Crippen LogP contribution in [0.4, 0.5) is 0 Å². The zero-order chi connectivity index (χ0) is 17.5. The van der Waals surface area contributed by atoms with Crippen molar-refractivity contribution in [3.05, 3.63) is 65.7 Å². The van der Waals surface area contributed by atoms with Gasteiger partial charge >= 0.3 is 0 Å². The molecule has 3 rings (SSSR count). The van der Waals surface area contributed by atoms with E-state index in [4.69, 9.17) is 4.74 Å². The SMILES string of the molecule is CCC(C(=O)c1ccc(OCCN2CCCC2)cc1)c1ccccc1. The Morgan fingerprint density at radius 1 is 1.04 bits per heavy atom. The molecule has 0 N–H and O–H groups in total. The number of carbonyl (C=O) groups excluding carboxylic acids is 1. The lowest BCUT2D eigenvalue weighted by molar-refractivity contribution is 0.0957. The van der Waals surface area contributed by atoms with Crippen LogP contribution in [0.2, 0.25) is 0 Å². The van der Waals surface area contributed by atoms with Gasteiger partial charge in [-0.3, -0.25) is 9.69 Å². The van der Waals surface area contributed by atoms with E-state index in [1.165, 1.54) is 25.9 Å². The van der Waals surface area contributed by atoms with Crippen molar-refractivity contribution >= 4 is 5.78 Å². The molecular weight excluding hydrogens is 310 g/mol. The minimum absolute atomic E-state index is 0.0804. The van der Waals surface area contributed by atoms with E-state index in [1.807, 2.05) is 54.6 Å². The third-order valence-electron chi connectivity index (χ3n) is 4.94. The molecule has 3 nitrogen and oxygen atoms in total. The summed E-state index contributed by atoms with van der Waals surface area (Å²) in [5.41, 5.74) is 1.84. The van der Waals surface area contributed by atoms with Gasteiger partial charge in [0.05, 0.1) is 0 Å². The number of hydrogen-bond acceptors (Lipinski definition) is 3. The van der Waals surface area contributed by atoms with Gasteiger partial charge in [0.25, 0.3) is 0 Å². The first-order valence-electron chi connectivity index (χ1n) is 9.32. The number of nitrogens with zero attached hydrogens (tertiary/aromatic N) is 1. The molecule has 1 fully saturated rings. The minimum Gasteiger partial charge on any atom is -0.492 e. The maximum Gasteiger partial charge on any atom is 0.170 e. The Morgan fingerprint density at radius 2 is 1.72 bits per heavy atom. The summed E-state index contributed by atoms with van der Waals surface area (Å²) in [6, 6.07) is 17.6. The molecule has 1 aliphatic heterocycles. The number of ketones is 1. The highest BCUT2D eigenvalue weighted by atomic mass is 16.5. The van der Waals surface area contributed by atoms with Gasteiger partial charge in [-0.15, -0.1) is 0 Å². The van der Waals surface area contributed by atoms with Crippen molar-refractivity contribution in [2.75, 3.05) is 26.2 Å². The zero-order valence-electron chi connectivity index (χ0n) is 15.0. The van der Waals surface area contributed by atoms with Crippen molar-refractivity contribution in [1.29, 1.82) is 0 Å². The van der Waals surface area contributed by atoms with Crippen LogP contribution in [0.3, 0.4) is 0 Å². The molecule has 0 aromatic heterocycles. The van der Waals surface area contributed by atoms with Gasteiger partial charge in [-0.05, 0) is 62.2 Å². The highest BCUT2D eigenvalue weighted by Crippen LogP contribution is 2.25. The van der Waals surface area contributed by atoms with Crippen molar-refractivity contribution in [3.63, 3.8) is 0 Å². The molecule has 25 heavy (non-hydrogen) atoms. The van der Waals surface area contributed by atoms with Gasteiger partial charge in [0.15, 0.2) is 5.78 Å². The van der Waals surface area contributed by atoms with Gasteiger partial charge in [0.1, 0.15) is 12.4 Å². The standard InChI is InChI=1S/C22H27NO2/c1-2-21(18-8-4-3-5-9-18)22(24)19-10-12-20(13-11-19)25-17-16-23-14-6-7-15-23/h3-5,8-13,21H,2,6-7,14-17H2,1H3. The van der Waals surface area contributed by atoms with Crippen LogP contribution >= 0.6 is 0 Å². The molecular formula is C22H27NO2. The Hall–Kier alpha value is -2.13. The quantitative estimate of drug-likeness (QED) is 0.663. The third-order valence-corrected chi connectivity index (χ3v) is 4.94. The molecule has 1 aliphatic rings. The van der Waals surface area contributed by atoms with E-state index in [1.54, 1.807) is 0 Å². The third kappa shape index (κ3) is 4.70. The Kier molecular flexibility index (Phi) is 6.24. The summed E-state index contributed by atoms with van der Waals surface area (Å²) in [6.07, 6.45) is 3.41. The Balaban J connectivity index is 1.58. The maximum atomic E-state index is 12.8. The van der Waals surface area contributed by atoms with E-state index < -0.39 is 0 Å². The van der Waals surface area contributed by atoms with Gasteiger partial charge in [-0.25, -0.2) is 0 Å². The predicted octanol–water partition coefficient (Wildman–Crippen LogP) is 4.54. The molecule has 0 bridgehead atoms. The summed E-state index contributed by atoms with van der Waals surface area (Å²) in [5.74, 6) is 0.934. The lowest BCUT2D eigenvalue weighted by Crippen LogP contribution is -2.25. The van der Waals surface area contributed by atoms with Gasteiger partial charge in [0.2, 0.25) is 0 Å². The van der Waals surface area contributed by atoms with Crippen LogP contribution in [0.25, 0.3) is 0 Å². The smallest absolute Gasteiger partial charge is 0.170 e. The van der Waals surface area contributed by atoms with E-state index in [9.17, 15) is 4.79 Å². The summed E-state index contributed by atoms with van der Waals surface area (Å²) in [4.78, 5) is 15.3. The molecule has 2 aromatic carbocycles. The van der Waals surface area contributed by atoms with Gasteiger partial charge in [0, 0.05) is 18.0 Å². The Labute approximate surface area is 150 Å². The molecule has 1 atom stereocenters. The molecule has 1 unspecified atom stereocenters. The Morgan fingerprint density at radius 3 is 2.36 bits per heavy atom. The van der Waals surface area contributed by atoms with Crippen molar-refractivity contribution < 1.29 is 9.53 Å². The van der Waals surface area contributed by atoms with Crippen LogP contribution in [0.5, 0.6) is 5.75 Å². The van der Waals surface area contributed by atoms with E-state index in [2.05, 4.69) is 11.8 Å². The molecule has 1 heterocycles. The van der Waals surface area contributed by atoms with Crippen LogP contribution < -0.4 is 4.74 Å². The van der Waals surface area contributed by atoms with Gasteiger partial charge < -0.3 is 4.74 Å². The fourth-order valence-corrected chi connectivity index (χ4v) is 3.47. The average molecular weight is 337 g/mol. The summed E-state index contributed by atoms with van der Waals surface area (Å²) >= 11 is 0. The first-order chi connectivity index (χ1) is 12.3. The van der Waals surface area contributed by atoms with Gasteiger partial charge in [-0.1, -0.05) is 37.3 Å². The summed E-state index contributed by atoms with van der Waals surface area (Å²) in [5, 5.41) is 0. The van der Waals surface area contributed by atoms with E-state index >= 15 is 0 Å². The lowest BCUT2D eigenvalue weighted by Gasteiger charge is -2.16. The van der Waals surface area contributed by atoms with Crippen molar-refractivity contribution in [2.24, 2.45) is 0 Å². The second-order valence-electron chi connectivity index (χ2n) is 6.66. The number of carbonyl (C=O) groups is 1. The lowest BCUT2D eigenvalue weighted by atomic mass is 9.89. The largest absolute Gasteiger partial charge is 0.492 e. The normalized spacial score (nSPS) is 15.9. The van der Waals surface area contributed by atoms with E-state index in [-0.39, 0.29) is 11.7 Å². The minimum atomic E-state index is -0.0804. The Bertz CT molecular complexity index is 660. The molecule has 132 valence electrons.